The second-order valence-corrected chi connectivity index (χ2v) is 9.29. The molecule has 2 fully saturated rings. The van der Waals surface area contributed by atoms with E-state index in [1.54, 1.807) is 0 Å². The third-order valence-corrected chi connectivity index (χ3v) is 7.42. The predicted octanol–water partition coefficient (Wildman–Crippen LogP) is 3.64. The Morgan fingerprint density at radius 3 is 2.26 bits per heavy atom. The first kappa shape index (κ1) is 20.2. The summed E-state index contributed by atoms with van der Waals surface area (Å²) in [6.45, 7) is 0.525. The number of hydrogen-bond donors (Lipinski definition) is 1. The Hall–Kier alpha value is -1.59. The zero-order valence-electron chi connectivity index (χ0n) is 14.0. The van der Waals surface area contributed by atoms with E-state index in [1.807, 2.05) is 0 Å². The van der Waals surface area contributed by atoms with Gasteiger partial charge in [-0.15, -0.1) is 0 Å². The maximum Gasteiger partial charge on any atom is 0.418 e. The average molecular weight is 428 g/mol. The first-order valence-electron chi connectivity index (χ1n) is 8.31. The van der Waals surface area contributed by atoms with Gasteiger partial charge in [-0.2, -0.15) is 13.2 Å². The summed E-state index contributed by atoms with van der Waals surface area (Å²) in [5.41, 5.74) is -2.10. The number of alkyl halides is 3. The van der Waals surface area contributed by atoms with Crippen molar-refractivity contribution in [2.24, 2.45) is 0 Å². The number of nitro benzene ring substituents is 1. The molecule has 1 saturated carbocycles. The van der Waals surface area contributed by atoms with E-state index in [0.717, 1.165) is 6.07 Å². The van der Waals surface area contributed by atoms with Crippen LogP contribution in [0.15, 0.2) is 12.1 Å². The van der Waals surface area contributed by atoms with Crippen LogP contribution in [0.5, 0.6) is 0 Å². The van der Waals surface area contributed by atoms with Gasteiger partial charge in [-0.3, -0.25) is 10.1 Å². The van der Waals surface area contributed by atoms with Gasteiger partial charge in [-0.05, 0) is 31.7 Å². The molecule has 1 saturated heterocycles. The summed E-state index contributed by atoms with van der Waals surface area (Å²) >= 11 is 5.66. The van der Waals surface area contributed by atoms with Crippen LogP contribution < -0.4 is 5.32 Å². The molecule has 1 N–H and O–H groups in total. The molecule has 7 nitrogen and oxygen atoms in total. The lowest BCUT2D eigenvalue weighted by Crippen LogP contribution is -2.43. The van der Waals surface area contributed by atoms with E-state index in [4.69, 9.17) is 11.6 Å². The number of piperidine rings is 1. The maximum atomic E-state index is 12.9. The SMILES string of the molecule is O=[N+]([O-])c1cc(C(F)(F)F)c(Cl)cc1NC1CCN(S(=O)(=O)C2CC2)CC1. The van der Waals surface area contributed by atoms with Crippen molar-refractivity contribution in [2.75, 3.05) is 18.4 Å². The molecule has 1 aromatic rings. The van der Waals surface area contributed by atoms with Gasteiger partial charge in [0.15, 0.2) is 0 Å². The number of nitrogens with one attached hydrogen (secondary N) is 1. The molecule has 150 valence electrons. The molecule has 0 atom stereocenters. The van der Waals surface area contributed by atoms with E-state index in [-0.39, 0.29) is 30.1 Å². The molecule has 0 unspecified atom stereocenters. The zero-order valence-corrected chi connectivity index (χ0v) is 15.6. The van der Waals surface area contributed by atoms with Crippen molar-refractivity contribution in [1.82, 2.24) is 4.31 Å². The number of halogens is 4. The standard InChI is InChI=1S/C15H17ClF3N3O4S/c16-12-8-13(14(22(23)24)7-11(12)15(17,18)19)20-9-3-5-21(6-4-9)27(25,26)10-1-2-10/h7-10,20H,1-6H2. The number of sulfonamides is 1. The third kappa shape index (κ3) is 4.30. The maximum absolute atomic E-state index is 12.9. The van der Waals surface area contributed by atoms with Crippen LogP contribution in [0.4, 0.5) is 24.5 Å². The predicted molar refractivity (Wildman–Crippen MR) is 93.3 cm³/mol. The molecular weight excluding hydrogens is 411 g/mol. The summed E-state index contributed by atoms with van der Waals surface area (Å²) in [6.07, 6.45) is -2.69. The van der Waals surface area contributed by atoms with Gasteiger partial charge in [-0.25, -0.2) is 12.7 Å². The summed E-state index contributed by atoms with van der Waals surface area (Å²) in [5.74, 6) is 0. The van der Waals surface area contributed by atoms with E-state index < -0.39 is 37.4 Å². The number of nitro groups is 1. The van der Waals surface area contributed by atoms with Crippen molar-refractivity contribution < 1.29 is 26.5 Å². The van der Waals surface area contributed by atoms with Gasteiger partial charge < -0.3 is 5.32 Å². The average Bonchev–Trinajstić information content (AvgIpc) is 3.39. The molecule has 3 rings (SSSR count). The number of rotatable bonds is 5. The second-order valence-electron chi connectivity index (χ2n) is 6.67. The summed E-state index contributed by atoms with van der Waals surface area (Å²) in [5, 5.41) is 13.1. The molecule has 1 aliphatic heterocycles. The largest absolute Gasteiger partial charge is 0.418 e. The summed E-state index contributed by atoms with van der Waals surface area (Å²) < 4.78 is 64.6. The van der Waals surface area contributed by atoms with Gasteiger partial charge in [0.05, 0.1) is 20.8 Å². The van der Waals surface area contributed by atoms with Gasteiger partial charge in [0, 0.05) is 25.2 Å². The van der Waals surface area contributed by atoms with Crippen LogP contribution in [0.3, 0.4) is 0 Å². The highest BCUT2D eigenvalue weighted by molar-refractivity contribution is 7.90. The minimum atomic E-state index is -4.80. The molecule has 0 spiro atoms. The lowest BCUT2D eigenvalue weighted by Gasteiger charge is -2.32. The van der Waals surface area contributed by atoms with E-state index in [9.17, 15) is 31.7 Å². The Labute approximate surface area is 158 Å². The van der Waals surface area contributed by atoms with Crippen molar-refractivity contribution >= 4 is 33.0 Å². The molecule has 1 aliphatic carbocycles. The van der Waals surface area contributed by atoms with Crippen LogP contribution in [-0.2, 0) is 16.2 Å². The molecule has 0 aromatic heterocycles. The minimum absolute atomic E-state index is 0.110. The van der Waals surface area contributed by atoms with Crippen molar-refractivity contribution in [3.05, 3.63) is 32.8 Å². The van der Waals surface area contributed by atoms with Crippen LogP contribution in [0.1, 0.15) is 31.2 Å². The van der Waals surface area contributed by atoms with Gasteiger partial charge in [-0.1, -0.05) is 11.6 Å². The Morgan fingerprint density at radius 1 is 1.19 bits per heavy atom. The van der Waals surface area contributed by atoms with Crippen molar-refractivity contribution in [2.45, 2.75) is 43.2 Å². The fraction of sp³-hybridized carbons (Fsp3) is 0.600. The lowest BCUT2D eigenvalue weighted by atomic mass is 10.1. The van der Waals surface area contributed by atoms with Crippen LogP contribution in [0.2, 0.25) is 5.02 Å². The first-order valence-corrected chi connectivity index (χ1v) is 10.2. The van der Waals surface area contributed by atoms with Crippen LogP contribution in [0.25, 0.3) is 0 Å². The number of hydrogen-bond acceptors (Lipinski definition) is 5. The molecule has 0 amide bonds. The number of anilines is 1. The molecule has 27 heavy (non-hydrogen) atoms. The highest BCUT2D eigenvalue weighted by Gasteiger charge is 2.41. The zero-order chi connectivity index (χ0) is 20.0. The van der Waals surface area contributed by atoms with Gasteiger partial charge in [0.2, 0.25) is 10.0 Å². The lowest BCUT2D eigenvalue weighted by molar-refractivity contribution is -0.384. The summed E-state index contributed by atoms with van der Waals surface area (Å²) in [7, 11) is -3.28. The smallest absolute Gasteiger partial charge is 0.377 e. The van der Waals surface area contributed by atoms with Crippen LogP contribution in [-0.4, -0.2) is 42.0 Å². The highest BCUT2D eigenvalue weighted by atomic mass is 35.5. The third-order valence-electron chi connectivity index (χ3n) is 4.71. The first-order chi connectivity index (χ1) is 12.5. The molecular formula is C15H17ClF3N3O4S. The van der Waals surface area contributed by atoms with Crippen molar-refractivity contribution in [1.29, 1.82) is 0 Å². The number of benzene rings is 1. The topological polar surface area (TPSA) is 92.6 Å². The molecule has 12 heteroatoms. The Bertz CT molecular complexity index is 851. The normalized spacial score (nSPS) is 19.9. The Morgan fingerprint density at radius 2 is 1.78 bits per heavy atom. The van der Waals surface area contributed by atoms with Gasteiger partial charge in [0.25, 0.3) is 5.69 Å². The molecule has 1 aromatic carbocycles. The summed E-state index contributed by atoms with van der Waals surface area (Å²) in [6, 6.07) is 1.01. The van der Waals surface area contributed by atoms with E-state index in [1.165, 1.54) is 4.31 Å². The van der Waals surface area contributed by atoms with Crippen LogP contribution in [0, 0.1) is 10.1 Å². The second kappa shape index (κ2) is 7.10. The Balaban J connectivity index is 1.74. The van der Waals surface area contributed by atoms with Crippen molar-refractivity contribution in [3.8, 4) is 0 Å². The quantitative estimate of drug-likeness (QED) is 0.572. The van der Waals surface area contributed by atoms with E-state index in [0.29, 0.717) is 31.7 Å². The molecule has 0 bridgehead atoms. The van der Waals surface area contributed by atoms with Crippen molar-refractivity contribution in [3.63, 3.8) is 0 Å². The van der Waals surface area contributed by atoms with Gasteiger partial charge in [0.1, 0.15) is 5.69 Å². The van der Waals surface area contributed by atoms with E-state index in [2.05, 4.69) is 5.32 Å². The molecule has 1 heterocycles. The number of nitrogens with zero attached hydrogens (tertiary/aromatic N) is 2. The van der Waals surface area contributed by atoms with E-state index >= 15 is 0 Å². The van der Waals surface area contributed by atoms with Crippen LogP contribution >= 0.6 is 11.6 Å². The fourth-order valence-electron chi connectivity index (χ4n) is 3.10. The minimum Gasteiger partial charge on any atom is -0.377 e. The monoisotopic (exact) mass is 427 g/mol. The van der Waals surface area contributed by atoms with Gasteiger partial charge >= 0.3 is 6.18 Å². The Kier molecular flexibility index (Phi) is 5.30. The molecule has 0 radical (unpaired) electrons. The fourth-order valence-corrected chi connectivity index (χ4v) is 5.24. The summed E-state index contributed by atoms with van der Waals surface area (Å²) in [4.78, 5) is 10.3. The highest BCUT2D eigenvalue weighted by Crippen LogP contribution is 2.41. The molecule has 2 aliphatic rings.